The molecule has 1 aliphatic rings. The Balaban J connectivity index is 2.28. The highest BCUT2D eigenvalue weighted by Gasteiger charge is 2.06. The molecule has 1 aliphatic heterocycles. The molecule has 2 nitrogen and oxygen atoms in total. The molecule has 0 radical (unpaired) electrons. The number of hydrogen-bond acceptors (Lipinski definition) is 2. The lowest BCUT2D eigenvalue weighted by molar-refractivity contribution is 0.263. The van der Waals surface area contributed by atoms with E-state index in [1.165, 1.54) is 0 Å². The Kier molecular flexibility index (Phi) is 1.42. The van der Waals surface area contributed by atoms with Crippen LogP contribution < -0.4 is 0 Å². The van der Waals surface area contributed by atoms with E-state index in [2.05, 4.69) is 4.99 Å². The van der Waals surface area contributed by atoms with Crippen molar-refractivity contribution in [3.05, 3.63) is 0 Å². The number of rotatable bonds is 1. The third-order valence-electron chi connectivity index (χ3n) is 1.18. The van der Waals surface area contributed by atoms with E-state index < -0.39 is 0 Å². The van der Waals surface area contributed by atoms with E-state index in [0.29, 0.717) is 5.92 Å². The zero-order valence-corrected chi connectivity index (χ0v) is 4.17. The van der Waals surface area contributed by atoms with Crippen LogP contribution in [0.2, 0.25) is 0 Å². The summed E-state index contributed by atoms with van der Waals surface area (Å²) in [5.41, 5.74) is 0. The fourth-order valence-corrected chi connectivity index (χ4v) is 0.677. The molecule has 0 spiro atoms. The van der Waals surface area contributed by atoms with Crippen LogP contribution in [0.4, 0.5) is 0 Å². The van der Waals surface area contributed by atoms with Crippen LogP contribution in [0.25, 0.3) is 0 Å². The SMILES string of the molecule is OCC1C=NCC1. The van der Waals surface area contributed by atoms with E-state index in [0.717, 1.165) is 13.0 Å². The molecule has 40 valence electrons. The molecule has 2 heteroatoms. The van der Waals surface area contributed by atoms with Gasteiger partial charge in [-0.1, -0.05) is 0 Å². The van der Waals surface area contributed by atoms with Crippen molar-refractivity contribution in [1.29, 1.82) is 0 Å². The van der Waals surface area contributed by atoms with Crippen molar-refractivity contribution in [2.45, 2.75) is 6.42 Å². The summed E-state index contributed by atoms with van der Waals surface area (Å²) in [5.74, 6) is 0.361. The van der Waals surface area contributed by atoms with Crippen LogP contribution in [0, 0.1) is 5.92 Å². The van der Waals surface area contributed by atoms with Crippen LogP contribution in [0.1, 0.15) is 6.42 Å². The van der Waals surface area contributed by atoms with Crippen LogP contribution in [0.5, 0.6) is 0 Å². The molecule has 0 saturated carbocycles. The Bertz CT molecular complexity index is 80.1. The van der Waals surface area contributed by atoms with E-state index >= 15 is 0 Å². The second-order valence-electron chi connectivity index (χ2n) is 1.79. The summed E-state index contributed by atoms with van der Waals surface area (Å²) in [6.45, 7) is 1.18. The van der Waals surface area contributed by atoms with Gasteiger partial charge in [0.1, 0.15) is 0 Å². The van der Waals surface area contributed by atoms with Gasteiger partial charge in [-0.05, 0) is 6.42 Å². The Labute approximate surface area is 42.9 Å². The minimum atomic E-state index is 0.267. The Hall–Kier alpha value is -0.370. The second-order valence-corrected chi connectivity index (χ2v) is 1.79. The fraction of sp³-hybridized carbons (Fsp3) is 0.800. The van der Waals surface area contributed by atoms with Crippen LogP contribution >= 0.6 is 0 Å². The first-order valence-electron chi connectivity index (χ1n) is 2.54. The van der Waals surface area contributed by atoms with Gasteiger partial charge in [-0.25, -0.2) is 0 Å². The largest absolute Gasteiger partial charge is 0.396 e. The van der Waals surface area contributed by atoms with E-state index in [1.807, 2.05) is 6.21 Å². The maximum absolute atomic E-state index is 8.47. The second kappa shape index (κ2) is 2.07. The lowest BCUT2D eigenvalue weighted by Crippen LogP contribution is -2.01. The van der Waals surface area contributed by atoms with Gasteiger partial charge in [0, 0.05) is 18.7 Å². The minimum absolute atomic E-state index is 0.267. The van der Waals surface area contributed by atoms with Crippen LogP contribution in [0.15, 0.2) is 4.99 Å². The average molecular weight is 99.1 g/mol. The van der Waals surface area contributed by atoms with Gasteiger partial charge in [0.05, 0.1) is 6.61 Å². The highest BCUT2D eigenvalue weighted by Crippen LogP contribution is 2.04. The van der Waals surface area contributed by atoms with Crippen LogP contribution in [-0.2, 0) is 0 Å². The first-order chi connectivity index (χ1) is 3.43. The van der Waals surface area contributed by atoms with E-state index in [1.54, 1.807) is 0 Å². The lowest BCUT2D eigenvalue weighted by Gasteiger charge is -1.94. The summed E-state index contributed by atoms with van der Waals surface area (Å²) < 4.78 is 0. The van der Waals surface area contributed by atoms with Gasteiger partial charge in [-0.3, -0.25) is 4.99 Å². The highest BCUT2D eigenvalue weighted by molar-refractivity contribution is 5.62. The molecule has 1 heterocycles. The molecular formula is C5H9NO. The van der Waals surface area contributed by atoms with Crippen molar-refractivity contribution in [2.75, 3.05) is 13.2 Å². The summed E-state index contributed by atoms with van der Waals surface area (Å²) >= 11 is 0. The molecule has 0 bridgehead atoms. The minimum Gasteiger partial charge on any atom is -0.396 e. The summed E-state index contributed by atoms with van der Waals surface area (Å²) in [7, 11) is 0. The van der Waals surface area contributed by atoms with Gasteiger partial charge >= 0.3 is 0 Å². The van der Waals surface area contributed by atoms with Crippen LogP contribution in [-0.4, -0.2) is 24.5 Å². The number of aliphatic hydroxyl groups excluding tert-OH is 1. The summed E-state index contributed by atoms with van der Waals surface area (Å²) in [6.07, 6.45) is 2.87. The third-order valence-corrected chi connectivity index (χ3v) is 1.18. The Morgan fingerprint density at radius 2 is 2.71 bits per heavy atom. The predicted octanol–water partition coefficient (Wildman–Crippen LogP) is 0.0694. The number of aliphatic imine (C=N–C) groups is 1. The van der Waals surface area contributed by atoms with Gasteiger partial charge in [-0.2, -0.15) is 0 Å². The average Bonchev–Trinajstić information content (AvgIpc) is 2.14. The normalized spacial score (nSPS) is 29.0. The standard InChI is InChI=1S/C5H9NO/c7-4-5-1-2-6-3-5/h3,5,7H,1-2,4H2. The van der Waals surface area contributed by atoms with Crippen molar-refractivity contribution in [3.8, 4) is 0 Å². The maximum Gasteiger partial charge on any atom is 0.0509 e. The van der Waals surface area contributed by atoms with Crippen molar-refractivity contribution >= 4 is 6.21 Å². The fourth-order valence-electron chi connectivity index (χ4n) is 0.677. The Morgan fingerprint density at radius 3 is 3.00 bits per heavy atom. The topological polar surface area (TPSA) is 32.6 Å². The number of aliphatic hydroxyl groups is 1. The Morgan fingerprint density at radius 1 is 1.86 bits per heavy atom. The molecular weight excluding hydrogens is 90.1 g/mol. The molecule has 0 amide bonds. The molecule has 7 heavy (non-hydrogen) atoms. The van der Waals surface area contributed by atoms with E-state index in [4.69, 9.17) is 5.11 Å². The van der Waals surface area contributed by atoms with Gasteiger partial charge in [0.2, 0.25) is 0 Å². The van der Waals surface area contributed by atoms with E-state index in [9.17, 15) is 0 Å². The van der Waals surface area contributed by atoms with Gasteiger partial charge in [0.25, 0.3) is 0 Å². The van der Waals surface area contributed by atoms with Gasteiger partial charge < -0.3 is 5.11 Å². The maximum atomic E-state index is 8.47. The summed E-state index contributed by atoms with van der Waals surface area (Å²) in [5, 5.41) is 8.47. The molecule has 0 aromatic rings. The quantitative estimate of drug-likeness (QED) is 0.495. The molecule has 0 saturated heterocycles. The molecule has 1 rings (SSSR count). The van der Waals surface area contributed by atoms with Crippen molar-refractivity contribution in [3.63, 3.8) is 0 Å². The molecule has 0 aromatic heterocycles. The van der Waals surface area contributed by atoms with Gasteiger partial charge in [0.15, 0.2) is 0 Å². The third kappa shape index (κ3) is 0.996. The molecule has 0 aromatic carbocycles. The molecule has 1 unspecified atom stereocenters. The molecule has 1 atom stereocenters. The highest BCUT2D eigenvalue weighted by atomic mass is 16.3. The zero-order valence-electron chi connectivity index (χ0n) is 4.17. The first kappa shape index (κ1) is 4.78. The zero-order chi connectivity index (χ0) is 5.11. The monoisotopic (exact) mass is 99.1 g/mol. The molecule has 0 fully saturated rings. The number of nitrogens with zero attached hydrogens (tertiary/aromatic N) is 1. The van der Waals surface area contributed by atoms with Crippen molar-refractivity contribution in [2.24, 2.45) is 10.9 Å². The smallest absolute Gasteiger partial charge is 0.0509 e. The molecule has 1 N–H and O–H groups in total. The summed E-state index contributed by atoms with van der Waals surface area (Å²) in [4.78, 5) is 3.95. The predicted molar refractivity (Wildman–Crippen MR) is 28.6 cm³/mol. The van der Waals surface area contributed by atoms with Crippen molar-refractivity contribution in [1.82, 2.24) is 0 Å². The summed E-state index contributed by atoms with van der Waals surface area (Å²) in [6, 6.07) is 0. The first-order valence-corrected chi connectivity index (χ1v) is 2.54. The van der Waals surface area contributed by atoms with Crippen molar-refractivity contribution < 1.29 is 5.11 Å². The lowest BCUT2D eigenvalue weighted by atomic mass is 10.1. The van der Waals surface area contributed by atoms with E-state index in [-0.39, 0.29) is 6.61 Å². The number of hydrogen-bond donors (Lipinski definition) is 1. The van der Waals surface area contributed by atoms with Crippen LogP contribution in [0.3, 0.4) is 0 Å². The van der Waals surface area contributed by atoms with Gasteiger partial charge in [-0.15, -0.1) is 0 Å². The molecule has 0 aliphatic carbocycles.